The fourth-order valence-corrected chi connectivity index (χ4v) is 2.16. The largest absolute Gasteiger partial charge is 0.296 e. The second kappa shape index (κ2) is 5.05. The van der Waals surface area contributed by atoms with Gasteiger partial charge >= 0.3 is 0 Å². The zero-order valence-electron chi connectivity index (χ0n) is 10.7. The predicted octanol–water partition coefficient (Wildman–Crippen LogP) is 2.69. The van der Waals surface area contributed by atoms with Crippen LogP contribution in [0.15, 0.2) is 52.3 Å². The zero-order chi connectivity index (χ0) is 14.1. The van der Waals surface area contributed by atoms with Gasteiger partial charge in [0.25, 0.3) is 5.56 Å². The smallest absolute Gasteiger partial charge is 0.280 e. The summed E-state index contributed by atoms with van der Waals surface area (Å²) in [5.74, 6) is 0.575. The zero-order valence-corrected chi connectivity index (χ0v) is 12.3. The summed E-state index contributed by atoms with van der Waals surface area (Å²) in [5, 5.41) is 2.93. The Hall–Kier alpha value is -2.21. The molecule has 3 heterocycles. The number of nitrogens with one attached hydrogen (secondary N) is 1. The van der Waals surface area contributed by atoms with Crippen LogP contribution in [0.5, 0.6) is 0 Å². The van der Waals surface area contributed by atoms with E-state index in [4.69, 9.17) is 0 Å². The van der Waals surface area contributed by atoms with Crippen molar-refractivity contribution in [2.75, 3.05) is 0 Å². The van der Waals surface area contributed by atoms with E-state index in [9.17, 15) is 4.79 Å². The molecule has 0 amide bonds. The van der Waals surface area contributed by atoms with Gasteiger partial charge in [0, 0.05) is 24.2 Å². The van der Waals surface area contributed by atoms with Crippen LogP contribution in [0.1, 0.15) is 5.56 Å². The van der Waals surface area contributed by atoms with E-state index >= 15 is 0 Å². The van der Waals surface area contributed by atoms with Gasteiger partial charge in [0.2, 0.25) is 0 Å². The molecule has 5 nitrogen and oxygen atoms in total. The van der Waals surface area contributed by atoms with Gasteiger partial charge in [-0.05, 0) is 52.7 Å². The van der Waals surface area contributed by atoms with E-state index in [-0.39, 0.29) is 5.56 Å². The molecule has 0 aliphatic heterocycles. The molecule has 100 valence electrons. The van der Waals surface area contributed by atoms with Crippen LogP contribution in [0, 0.1) is 6.92 Å². The first kappa shape index (κ1) is 12.8. The van der Waals surface area contributed by atoms with E-state index in [1.54, 1.807) is 24.7 Å². The molecule has 3 rings (SSSR count). The summed E-state index contributed by atoms with van der Waals surface area (Å²) >= 11 is 3.27. The van der Waals surface area contributed by atoms with Crippen LogP contribution in [0.25, 0.3) is 16.9 Å². The third-order valence-corrected chi connectivity index (χ3v) is 3.41. The standard InChI is InChI=1S/C14H11BrN4O/c1-9-4-5-16-13(6-9)19-14(20)11(8-18-19)10-2-3-12(15)17-7-10/h2-8,18H,1H3. The predicted molar refractivity (Wildman–Crippen MR) is 79.9 cm³/mol. The Morgan fingerprint density at radius 2 is 2.10 bits per heavy atom. The van der Waals surface area contributed by atoms with Gasteiger partial charge in [-0.1, -0.05) is 0 Å². The summed E-state index contributed by atoms with van der Waals surface area (Å²) in [6.07, 6.45) is 5.00. The van der Waals surface area contributed by atoms with Crippen molar-refractivity contribution in [2.45, 2.75) is 6.92 Å². The lowest BCUT2D eigenvalue weighted by atomic mass is 10.2. The molecular formula is C14H11BrN4O. The molecule has 0 fully saturated rings. The Bertz CT molecular complexity index is 805. The Balaban J connectivity index is 2.09. The van der Waals surface area contributed by atoms with Crippen LogP contribution < -0.4 is 5.56 Å². The molecule has 0 spiro atoms. The van der Waals surface area contributed by atoms with E-state index in [1.807, 2.05) is 25.1 Å². The first-order valence-electron chi connectivity index (χ1n) is 6.00. The highest BCUT2D eigenvalue weighted by Crippen LogP contribution is 2.16. The van der Waals surface area contributed by atoms with Crippen molar-refractivity contribution < 1.29 is 0 Å². The average Bonchev–Trinajstić information content (AvgIpc) is 2.82. The number of rotatable bonds is 2. The Kier molecular flexibility index (Phi) is 3.23. The molecule has 6 heteroatoms. The number of pyridine rings is 2. The maximum atomic E-state index is 12.4. The molecule has 0 aliphatic rings. The Morgan fingerprint density at radius 1 is 1.25 bits per heavy atom. The van der Waals surface area contributed by atoms with Crippen molar-refractivity contribution in [1.82, 2.24) is 19.7 Å². The molecule has 0 aromatic carbocycles. The minimum absolute atomic E-state index is 0.146. The van der Waals surface area contributed by atoms with Crippen molar-refractivity contribution in [2.24, 2.45) is 0 Å². The topological polar surface area (TPSA) is 63.6 Å². The lowest BCUT2D eigenvalue weighted by Gasteiger charge is -2.00. The molecule has 3 aromatic rings. The monoisotopic (exact) mass is 330 g/mol. The maximum Gasteiger partial charge on any atom is 0.280 e. The van der Waals surface area contributed by atoms with Crippen LogP contribution >= 0.6 is 15.9 Å². The molecule has 0 bridgehead atoms. The summed E-state index contributed by atoms with van der Waals surface area (Å²) in [6, 6.07) is 7.38. The lowest BCUT2D eigenvalue weighted by molar-refractivity contribution is 0.817. The first-order valence-corrected chi connectivity index (χ1v) is 6.80. The number of halogens is 1. The van der Waals surface area contributed by atoms with Gasteiger partial charge in [0.05, 0.1) is 5.56 Å². The van der Waals surface area contributed by atoms with Crippen molar-refractivity contribution in [3.63, 3.8) is 0 Å². The summed E-state index contributed by atoms with van der Waals surface area (Å²) in [4.78, 5) is 20.8. The lowest BCUT2D eigenvalue weighted by Crippen LogP contribution is -2.17. The fraction of sp³-hybridized carbons (Fsp3) is 0.0714. The van der Waals surface area contributed by atoms with E-state index in [0.717, 1.165) is 15.7 Å². The highest BCUT2D eigenvalue weighted by molar-refractivity contribution is 9.10. The summed E-state index contributed by atoms with van der Waals surface area (Å²) in [6.45, 7) is 1.96. The Morgan fingerprint density at radius 3 is 2.80 bits per heavy atom. The number of hydrogen-bond donors (Lipinski definition) is 1. The Labute approximate surface area is 123 Å². The van der Waals surface area contributed by atoms with Crippen LogP contribution in [-0.2, 0) is 0 Å². The molecule has 1 N–H and O–H groups in total. The van der Waals surface area contributed by atoms with Gasteiger partial charge in [-0.25, -0.2) is 14.6 Å². The van der Waals surface area contributed by atoms with Gasteiger partial charge < -0.3 is 0 Å². The molecule has 0 saturated heterocycles. The second-order valence-corrected chi connectivity index (χ2v) is 5.20. The van der Waals surface area contributed by atoms with E-state index in [0.29, 0.717) is 11.4 Å². The minimum atomic E-state index is -0.146. The van der Waals surface area contributed by atoms with Gasteiger partial charge in [-0.15, -0.1) is 0 Å². The highest BCUT2D eigenvalue weighted by Gasteiger charge is 2.10. The first-order chi connectivity index (χ1) is 9.65. The number of aryl methyl sites for hydroxylation is 1. The van der Waals surface area contributed by atoms with Crippen molar-refractivity contribution in [3.05, 3.63) is 63.4 Å². The number of hydrogen-bond acceptors (Lipinski definition) is 3. The van der Waals surface area contributed by atoms with Gasteiger partial charge in [0.15, 0.2) is 5.82 Å². The second-order valence-electron chi connectivity index (χ2n) is 4.39. The van der Waals surface area contributed by atoms with Crippen molar-refractivity contribution in [1.29, 1.82) is 0 Å². The normalized spacial score (nSPS) is 10.7. The molecule has 20 heavy (non-hydrogen) atoms. The highest BCUT2D eigenvalue weighted by atomic mass is 79.9. The molecule has 0 atom stereocenters. The quantitative estimate of drug-likeness (QED) is 0.735. The van der Waals surface area contributed by atoms with Crippen molar-refractivity contribution >= 4 is 15.9 Å². The molecule has 0 saturated carbocycles. The number of H-pyrrole nitrogens is 1. The average molecular weight is 331 g/mol. The molecule has 0 radical (unpaired) electrons. The molecule has 0 aliphatic carbocycles. The maximum absolute atomic E-state index is 12.4. The van der Waals surface area contributed by atoms with Crippen LogP contribution in [0.3, 0.4) is 0 Å². The third-order valence-electron chi connectivity index (χ3n) is 2.94. The van der Waals surface area contributed by atoms with Gasteiger partial charge in [-0.2, -0.15) is 0 Å². The van der Waals surface area contributed by atoms with E-state index in [2.05, 4.69) is 31.0 Å². The van der Waals surface area contributed by atoms with Gasteiger partial charge in [0.1, 0.15) is 4.60 Å². The van der Waals surface area contributed by atoms with E-state index < -0.39 is 0 Å². The van der Waals surface area contributed by atoms with Crippen molar-refractivity contribution in [3.8, 4) is 16.9 Å². The molecule has 0 unspecified atom stereocenters. The summed E-state index contributed by atoms with van der Waals surface area (Å²) < 4.78 is 2.15. The third kappa shape index (κ3) is 2.30. The summed E-state index contributed by atoms with van der Waals surface area (Å²) in [7, 11) is 0. The summed E-state index contributed by atoms with van der Waals surface area (Å²) in [5.41, 5.74) is 2.23. The van der Waals surface area contributed by atoms with E-state index in [1.165, 1.54) is 4.68 Å². The van der Waals surface area contributed by atoms with Crippen LogP contribution in [0.4, 0.5) is 0 Å². The fourth-order valence-electron chi connectivity index (χ4n) is 1.92. The number of aromatic nitrogens is 4. The van der Waals surface area contributed by atoms with Gasteiger partial charge in [-0.3, -0.25) is 9.89 Å². The van der Waals surface area contributed by atoms with Crippen LogP contribution in [-0.4, -0.2) is 19.7 Å². The number of aromatic amines is 1. The SMILES string of the molecule is Cc1ccnc(-n2[nH]cc(-c3ccc(Br)nc3)c2=O)c1. The molecular weight excluding hydrogens is 320 g/mol. The molecule has 3 aromatic heterocycles. The minimum Gasteiger partial charge on any atom is -0.296 e. The number of nitrogens with zero attached hydrogens (tertiary/aromatic N) is 3. The van der Waals surface area contributed by atoms with Crippen LogP contribution in [0.2, 0.25) is 0 Å².